The molecule has 0 N–H and O–H groups in total. The van der Waals surface area contributed by atoms with Gasteiger partial charge in [0.05, 0.1) is 21.9 Å². The van der Waals surface area contributed by atoms with Gasteiger partial charge in [-0.2, -0.15) is 0 Å². The molecule has 1 aromatic heterocycles. The van der Waals surface area contributed by atoms with Crippen LogP contribution < -0.4 is 9.47 Å². The van der Waals surface area contributed by atoms with E-state index in [2.05, 4.69) is 14.5 Å². The molecule has 1 aliphatic carbocycles. The van der Waals surface area contributed by atoms with E-state index in [9.17, 15) is 17.8 Å². The van der Waals surface area contributed by atoms with Crippen molar-refractivity contribution in [1.82, 2.24) is 4.98 Å². The fourth-order valence-corrected chi connectivity index (χ4v) is 4.89. The smallest absolute Gasteiger partial charge is 0.395 e. The topological polar surface area (TPSA) is 65.5 Å². The lowest BCUT2D eigenvalue weighted by molar-refractivity contribution is -0.286. The second-order valence-electron chi connectivity index (χ2n) is 8.18. The van der Waals surface area contributed by atoms with Gasteiger partial charge in [0.2, 0.25) is 0 Å². The van der Waals surface area contributed by atoms with Crippen LogP contribution in [0.15, 0.2) is 65.6 Å². The number of hydrogen-bond donors (Lipinski definition) is 0. The summed E-state index contributed by atoms with van der Waals surface area (Å²) in [6.07, 6.45) is -2.25. The number of aromatic nitrogens is 1. The van der Waals surface area contributed by atoms with Crippen LogP contribution in [0.3, 0.4) is 0 Å². The highest BCUT2D eigenvalue weighted by Crippen LogP contribution is 2.52. The van der Waals surface area contributed by atoms with Crippen LogP contribution >= 0.6 is 0 Å². The van der Waals surface area contributed by atoms with Crippen molar-refractivity contribution in [2.45, 2.75) is 42.8 Å². The maximum Gasteiger partial charge on any atom is 0.586 e. The number of fused-ring (bicyclic) bond motifs is 1. The Balaban J connectivity index is 1.34. The molecular formula is C25H21F2NO4S. The first-order valence-electron chi connectivity index (χ1n) is 10.7. The third kappa shape index (κ3) is 4.15. The summed E-state index contributed by atoms with van der Waals surface area (Å²) in [5, 5.41) is 0. The molecule has 1 saturated carbocycles. The molecule has 0 radical (unpaired) electrons. The Kier molecular flexibility index (Phi) is 5.28. The summed E-state index contributed by atoms with van der Waals surface area (Å²) < 4.78 is 47.7. The van der Waals surface area contributed by atoms with E-state index in [-0.39, 0.29) is 23.7 Å². The Hall–Kier alpha value is -3.13. The Morgan fingerprint density at radius 2 is 1.76 bits per heavy atom. The molecule has 2 aliphatic rings. The van der Waals surface area contributed by atoms with Crippen molar-refractivity contribution in [3.05, 3.63) is 71.9 Å². The standard InChI is InChI=1S/C25H21F2NO4S/c1-2-33(30)19-9-6-16(7-10-19)20-5-3-4-18(28-20)15-23(29)24(12-13-24)17-8-11-21-22(14-17)32-25(26,27)31-21/h3-11,14H,2,12-13,15H2,1H3. The summed E-state index contributed by atoms with van der Waals surface area (Å²) in [6, 6.07) is 17.5. The average molecular weight is 470 g/mol. The molecule has 1 fully saturated rings. The van der Waals surface area contributed by atoms with Crippen molar-refractivity contribution < 1.29 is 27.3 Å². The van der Waals surface area contributed by atoms with Crippen molar-refractivity contribution in [2.75, 3.05) is 5.75 Å². The van der Waals surface area contributed by atoms with Gasteiger partial charge in [0, 0.05) is 28.3 Å². The van der Waals surface area contributed by atoms with Gasteiger partial charge in [-0.3, -0.25) is 14.0 Å². The van der Waals surface area contributed by atoms with E-state index in [1.54, 1.807) is 12.1 Å². The molecule has 0 amide bonds. The molecule has 2 aromatic carbocycles. The number of carbonyl (C=O) groups is 1. The number of rotatable bonds is 7. The minimum Gasteiger partial charge on any atom is -0.395 e. The van der Waals surface area contributed by atoms with E-state index in [1.165, 1.54) is 12.1 Å². The predicted octanol–water partition coefficient (Wildman–Crippen LogP) is 5.04. The summed E-state index contributed by atoms with van der Waals surface area (Å²) in [4.78, 5) is 18.6. The number of alkyl halides is 2. The number of Topliss-reactive ketones (excluding diaryl/α,β-unsaturated/α-hetero) is 1. The van der Waals surface area contributed by atoms with Crippen LogP contribution in [-0.4, -0.2) is 27.0 Å². The summed E-state index contributed by atoms with van der Waals surface area (Å²) >= 11 is 0. The molecule has 1 atom stereocenters. The van der Waals surface area contributed by atoms with Gasteiger partial charge in [-0.1, -0.05) is 31.2 Å². The number of nitrogens with zero attached hydrogens (tertiary/aromatic N) is 1. The highest BCUT2D eigenvalue weighted by atomic mass is 32.2. The van der Waals surface area contributed by atoms with E-state index in [0.717, 1.165) is 16.2 Å². The number of halogens is 2. The maximum atomic E-state index is 13.3. The largest absolute Gasteiger partial charge is 0.586 e. The molecule has 170 valence electrons. The first-order chi connectivity index (χ1) is 15.8. The van der Waals surface area contributed by atoms with Crippen LogP contribution in [0.25, 0.3) is 11.3 Å². The normalized spacial score (nSPS) is 18.0. The number of carbonyl (C=O) groups excluding carboxylic acids is 1. The van der Waals surface area contributed by atoms with Gasteiger partial charge in [0.25, 0.3) is 0 Å². The molecule has 1 unspecified atom stereocenters. The molecule has 0 bridgehead atoms. The summed E-state index contributed by atoms with van der Waals surface area (Å²) in [6.45, 7) is 1.87. The van der Waals surface area contributed by atoms with E-state index in [4.69, 9.17) is 0 Å². The third-order valence-corrected chi connectivity index (χ3v) is 7.38. The fourth-order valence-electron chi connectivity index (χ4n) is 4.12. The van der Waals surface area contributed by atoms with E-state index < -0.39 is 22.5 Å². The summed E-state index contributed by atoms with van der Waals surface area (Å²) in [7, 11) is -1.02. The second kappa shape index (κ2) is 8.02. The van der Waals surface area contributed by atoms with Crippen LogP contribution in [0.1, 0.15) is 31.0 Å². The zero-order chi connectivity index (χ0) is 23.2. The molecule has 33 heavy (non-hydrogen) atoms. The quantitative estimate of drug-likeness (QED) is 0.485. The molecule has 8 heteroatoms. The first-order valence-corrected chi connectivity index (χ1v) is 12.0. The zero-order valence-corrected chi connectivity index (χ0v) is 18.7. The zero-order valence-electron chi connectivity index (χ0n) is 17.8. The predicted molar refractivity (Wildman–Crippen MR) is 119 cm³/mol. The lowest BCUT2D eigenvalue weighted by Gasteiger charge is -2.15. The minimum atomic E-state index is -3.68. The molecular weight excluding hydrogens is 448 g/mol. The van der Waals surface area contributed by atoms with E-state index in [1.807, 2.05) is 43.3 Å². The van der Waals surface area contributed by atoms with Gasteiger partial charge in [0.15, 0.2) is 11.5 Å². The number of ether oxygens (including phenoxy) is 2. The highest BCUT2D eigenvalue weighted by molar-refractivity contribution is 7.85. The number of ketones is 1. The van der Waals surface area contributed by atoms with Gasteiger partial charge >= 0.3 is 6.29 Å². The van der Waals surface area contributed by atoms with Gasteiger partial charge in [0.1, 0.15) is 5.78 Å². The van der Waals surface area contributed by atoms with Crippen LogP contribution in [0.4, 0.5) is 8.78 Å². The Bertz CT molecular complexity index is 1260. The van der Waals surface area contributed by atoms with Crippen molar-refractivity contribution >= 4 is 16.6 Å². The van der Waals surface area contributed by atoms with Crippen molar-refractivity contribution in [3.63, 3.8) is 0 Å². The second-order valence-corrected chi connectivity index (χ2v) is 9.92. The Morgan fingerprint density at radius 1 is 1.03 bits per heavy atom. The van der Waals surface area contributed by atoms with E-state index >= 15 is 0 Å². The summed E-state index contributed by atoms with van der Waals surface area (Å²) in [5.74, 6) is 0.466. The van der Waals surface area contributed by atoms with Gasteiger partial charge < -0.3 is 9.47 Å². The molecule has 5 nitrogen and oxygen atoms in total. The lowest BCUT2D eigenvalue weighted by Crippen LogP contribution is -2.26. The minimum absolute atomic E-state index is 0.00790. The first kappa shape index (κ1) is 21.7. The molecule has 2 heterocycles. The van der Waals surface area contributed by atoms with Crippen LogP contribution in [0.2, 0.25) is 0 Å². The fraction of sp³-hybridized carbons (Fsp3) is 0.280. The van der Waals surface area contributed by atoms with Crippen molar-refractivity contribution in [2.24, 2.45) is 0 Å². The molecule has 3 aromatic rings. The maximum absolute atomic E-state index is 13.3. The number of hydrogen-bond acceptors (Lipinski definition) is 5. The molecule has 5 rings (SSSR count). The number of benzene rings is 2. The van der Waals surface area contributed by atoms with Gasteiger partial charge in [-0.05, 0) is 54.8 Å². The Labute approximate surface area is 192 Å². The lowest BCUT2D eigenvalue weighted by atomic mass is 9.88. The molecule has 1 aliphatic heterocycles. The summed E-state index contributed by atoms with van der Waals surface area (Å²) in [5.41, 5.74) is 2.18. The van der Waals surface area contributed by atoms with Crippen LogP contribution in [0.5, 0.6) is 11.5 Å². The highest BCUT2D eigenvalue weighted by Gasteiger charge is 2.52. The van der Waals surface area contributed by atoms with Crippen molar-refractivity contribution in [1.29, 1.82) is 0 Å². The Morgan fingerprint density at radius 3 is 2.45 bits per heavy atom. The van der Waals surface area contributed by atoms with Gasteiger partial charge in [-0.15, -0.1) is 8.78 Å². The third-order valence-electron chi connectivity index (χ3n) is 6.06. The monoisotopic (exact) mass is 469 g/mol. The van der Waals surface area contributed by atoms with Crippen LogP contribution in [-0.2, 0) is 27.4 Å². The number of pyridine rings is 1. The van der Waals surface area contributed by atoms with E-state index in [0.29, 0.717) is 29.9 Å². The van der Waals surface area contributed by atoms with Crippen molar-refractivity contribution in [3.8, 4) is 22.8 Å². The van der Waals surface area contributed by atoms with Gasteiger partial charge in [-0.25, -0.2) is 0 Å². The molecule has 0 saturated heterocycles. The average Bonchev–Trinajstić information content (AvgIpc) is 3.56. The van der Waals surface area contributed by atoms with Crippen LogP contribution in [0, 0.1) is 0 Å². The molecule has 0 spiro atoms. The SMILES string of the molecule is CCS(=O)c1ccc(-c2cccc(CC(=O)C3(c4ccc5c(c4)OC(F)(F)O5)CC3)n2)cc1.